The number of anilines is 2. The van der Waals surface area contributed by atoms with Crippen LogP contribution in [-0.2, 0) is 0 Å². The Morgan fingerprint density at radius 1 is 0.264 bits per heavy atom. The summed E-state index contributed by atoms with van der Waals surface area (Å²) >= 11 is 0. The number of rotatable bonds is 14. The third-order valence-corrected chi connectivity index (χ3v) is 14.6. The minimum absolute atomic E-state index is 0.0468. The Kier molecular flexibility index (Phi) is 13.3. The molecule has 0 bridgehead atoms. The molecule has 1 heterocycles. The van der Waals surface area contributed by atoms with E-state index in [2.05, 4.69) is 310 Å². The zero-order valence-electron chi connectivity index (χ0n) is 41.3. The largest absolute Gasteiger partial charge is 0.325 e. The summed E-state index contributed by atoms with van der Waals surface area (Å²) in [6.07, 6.45) is 4.59. The van der Waals surface area contributed by atoms with Crippen molar-refractivity contribution >= 4 is 11.4 Å². The van der Waals surface area contributed by atoms with Gasteiger partial charge in [0, 0.05) is 36.1 Å². The van der Waals surface area contributed by atoms with Crippen LogP contribution in [0.2, 0.25) is 0 Å². The fourth-order valence-electron chi connectivity index (χ4n) is 11.6. The Hall–Kier alpha value is -8.46. The summed E-state index contributed by atoms with van der Waals surface area (Å²) < 4.78 is 0. The van der Waals surface area contributed by atoms with Crippen molar-refractivity contribution in [1.82, 2.24) is 0 Å². The Morgan fingerprint density at radius 3 is 0.597 bits per heavy atom. The molecule has 72 heavy (non-hydrogen) atoms. The minimum atomic E-state index is -0.149. The zero-order valence-corrected chi connectivity index (χ0v) is 41.3. The quantitative estimate of drug-likeness (QED) is 0.100. The first kappa shape index (κ1) is 46.0. The van der Waals surface area contributed by atoms with Gasteiger partial charge in [-0.3, -0.25) is 0 Å². The molecular formula is C70H60N2. The van der Waals surface area contributed by atoms with Crippen LogP contribution in [0.15, 0.2) is 279 Å². The second-order valence-electron chi connectivity index (χ2n) is 19.3. The highest BCUT2D eigenvalue weighted by atomic mass is 15.4. The predicted octanol–water partition coefficient (Wildman–Crippen LogP) is 17.2. The molecule has 10 aromatic rings. The molecule has 0 radical (unpaired) electrons. The fourth-order valence-corrected chi connectivity index (χ4v) is 11.6. The molecule has 0 fully saturated rings. The third kappa shape index (κ3) is 9.20. The predicted molar refractivity (Wildman–Crippen MR) is 301 cm³/mol. The molecule has 0 spiro atoms. The number of aryl methyl sites for hydroxylation is 2. The van der Waals surface area contributed by atoms with Crippen molar-refractivity contribution in [3.8, 4) is 0 Å². The molecule has 1 aliphatic heterocycles. The molecular weight excluding hydrogens is 869 g/mol. The second kappa shape index (κ2) is 20.9. The summed E-state index contributed by atoms with van der Waals surface area (Å²) in [7, 11) is 0. The van der Waals surface area contributed by atoms with E-state index in [-0.39, 0.29) is 29.8 Å². The zero-order chi connectivity index (χ0) is 48.8. The highest BCUT2D eigenvalue weighted by molar-refractivity contribution is 5.77. The summed E-state index contributed by atoms with van der Waals surface area (Å²) in [5, 5.41) is 0. The lowest BCUT2D eigenvalue weighted by Crippen LogP contribution is -2.38. The molecule has 350 valence electrons. The Morgan fingerprint density at radius 2 is 0.431 bits per heavy atom. The molecule has 1 aliphatic rings. The molecule has 0 N–H and O–H groups in total. The van der Waals surface area contributed by atoms with Crippen molar-refractivity contribution < 1.29 is 0 Å². The first-order chi connectivity index (χ1) is 35.5. The second-order valence-corrected chi connectivity index (χ2v) is 19.3. The molecule has 0 atom stereocenters. The average molecular weight is 929 g/mol. The number of hydrogen-bond acceptors (Lipinski definition) is 2. The van der Waals surface area contributed by atoms with E-state index < -0.39 is 0 Å². The van der Waals surface area contributed by atoms with Gasteiger partial charge in [-0.2, -0.15) is 0 Å². The Labute approximate surface area is 426 Å². The first-order valence-electron chi connectivity index (χ1n) is 25.4. The van der Waals surface area contributed by atoms with E-state index in [4.69, 9.17) is 0 Å². The normalized spacial score (nSPS) is 12.7. The highest BCUT2D eigenvalue weighted by Gasteiger charge is 2.38. The van der Waals surface area contributed by atoms with Crippen molar-refractivity contribution in [2.75, 3.05) is 9.80 Å². The molecule has 2 heteroatoms. The molecule has 0 aliphatic carbocycles. The van der Waals surface area contributed by atoms with E-state index in [0.29, 0.717) is 0 Å². The Balaban J connectivity index is 1.19. The van der Waals surface area contributed by atoms with E-state index in [0.717, 1.165) is 0 Å². The van der Waals surface area contributed by atoms with Gasteiger partial charge in [-0.15, -0.1) is 0 Å². The molecule has 0 saturated carbocycles. The molecule has 0 unspecified atom stereocenters. The van der Waals surface area contributed by atoms with Crippen LogP contribution in [0, 0.1) is 13.8 Å². The van der Waals surface area contributed by atoms with Gasteiger partial charge in [0.1, 0.15) is 6.17 Å². The van der Waals surface area contributed by atoms with Crippen LogP contribution in [0.5, 0.6) is 0 Å². The summed E-state index contributed by atoms with van der Waals surface area (Å²) in [6.45, 7) is 6.96. The van der Waals surface area contributed by atoms with Crippen LogP contribution in [0.25, 0.3) is 0 Å². The van der Waals surface area contributed by atoms with Gasteiger partial charge in [-0.05, 0) is 87.5 Å². The summed E-state index contributed by atoms with van der Waals surface area (Å²) in [5.74, 6) is -0.187. The maximum absolute atomic E-state index is 2.59. The van der Waals surface area contributed by atoms with Gasteiger partial charge in [-0.25, -0.2) is 0 Å². The SMILES string of the molecule is Cc1cc(C(c2ccccc2)c2ccccc2)c(N2C=CN(c3c(C(c4ccccc4)c4ccccc4)cc(C)cc3C(c3ccccc3)c3ccccc3)C2C)c(C(c2ccccc2)c2ccccc2)c1. The Bertz CT molecular complexity index is 2780. The molecule has 11 rings (SSSR count). The lowest BCUT2D eigenvalue weighted by atomic mass is 9.77. The number of hydrogen-bond donors (Lipinski definition) is 0. The monoisotopic (exact) mass is 928 g/mol. The smallest absolute Gasteiger partial charge is 0.107 e. The van der Waals surface area contributed by atoms with Crippen LogP contribution in [0.4, 0.5) is 11.4 Å². The van der Waals surface area contributed by atoms with Gasteiger partial charge in [0.25, 0.3) is 0 Å². The summed E-state index contributed by atoms with van der Waals surface area (Å²) in [6, 6.07) is 98.7. The lowest BCUT2D eigenvalue weighted by molar-refractivity contribution is 0.728. The third-order valence-electron chi connectivity index (χ3n) is 14.6. The van der Waals surface area contributed by atoms with E-state index in [1.54, 1.807) is 0 Å². The average Bonchev–Trinajstić information content (AvgIpc) is 3.80. The van der Waals surface area contributed by atoms with E-state index in [9.17, 15) is 0 Å². The molecule has 2 nitrogen and oxygen atoms in total. The fraction of sp³-hybridized carbons (Fsp3) is 0.114. The van der Waals surface area contributed by atoms with E-state index in [1.807, 2.05) is 0 Å². The van der Waals surface area contributed by atoms with Gasteiger partial charge in [0.05, 0.1) is 11.4 Å². The van der Waals surface area contributed by atoms with E-state index >= 15 is 0 Å². The van der Waals surface area contributed by atoms with Crippen LogP contribution < -0.4 is 9.80 Å². The van der Waals surface area contributed by atoms with Crippen molar-refractivity contribution in [3.05, 3.63) is 357 Å². The van der Waals surface area contributed by atoms with Gasteiger partial charge < -0.3 is 9.80 Å². The topological polar surface area (TPSA) is 6.48 Å². The van der Waals surface area contributed by atoms with Gasteiger partial charge in [0.2, 0.25) is 0 Å². The lowest BCUT2D eigenvalue weighted by Gasteiger charge is -2.39. The van der Waals surface area contributed by atoms with Crippen molar-refractivity contribution in [1.29, 1.82) is 0 Å². The molecule has 0 aromatic heterocycles. The van der Waals surface area contributed by atoms with Crippen molar-refractivity contribution in [2.45, 2.75) is 50.6 Å². The first-order valence-corrected chi connectivity index (χ1v) is 25.4. The van der Waals surface area contributed by atoms with Crippen LogP contribution >= 0.6 is 0 Å². The maximum atomic E-state index is 2.59. The standard InChI is InChI=1S/C70H60N2/c1-50-46-61(65(53-28-12-4-13-29-53)54-30-14-5-15-31-54)69(62(47-50)66(55-32-16-6-17-33-55)56-34-18-7-19-35-56)71-44-45-72(52(71)3)70-63(67(57-36-20-8-21-37-57)58-38-22-9-23-39-58)48-51(2)49-64(70)68(59-40-24-10-25-41-59)60-42-26-11-27-43-60/h4-49,52,65-68H,1-3H3. The minimum Gasteiger partial charge on any atom is -0.325 e. The number of benzene rings is 10. The van der Waals surface area contributed by atoms with Crippen LogP contribution in [-0.4, -0.2) is 6.17 Å². The van der Waals surface area contributed by atoms with Gasteiger partial charge in [0.15, 0.2) is 0 Å². The summed E-state index contributed by atoms with van der Waals surface area (Å²) in [5.41, 5.74) is 20.1. The van der Waals surface area contributed by atoms with Crippen LogP contribution in [0.3, 0.4) is 0 Å². The van der Waals surface area contributed by atoms with Gasteiger partial charge >= 0.3 is 0 Å². The van der Waals surface area contributed by atoms with Crippen molar-refractivity contribution in [2.24, 2.45) is 0 Å². The number of nitrogens with zero attached hydrogens (tertiary/aromatic N) is 2. The molecule has 0 saturated heterocycles. The van der Waals surface area contributed by atoms with Crippen LogP contribution in [0.1, 0.15) is 108 Å². The summed E-state index contributed by atoms with van der Waals surface area (Å²) in [4.78, 5) is 5.19. The molecule has 10 aromatic carbocycles. The molecule has 0 amide bonds. The maximum Gasteiger partial charge on any atom is 0.107 e. The van der Waals surface area contributed by atoms with Crippen molar-refractivity contribution in [3.63, 3.8) is 0 Å². The van der Waals surface area contributed by atoms with E-state index in [1.165, 1.54) is 89.3 Å². The highest BCUT2D eigenvalue weighted by Crippen LogP contribution is 2.51. The van der Waals surface area contributed by atoms with Gasteiger partial charge in [-0.1, -0.05) is 278 Å².